The maximum absolute atomic E-state index is 15.2. The molecule has 0 unspecified atom stereocenters. The van der Waals surface area contributed by atoms with E-state index in [2.05, 4.69) is 0 Å². The number of halogens is 1. The molecule has 0 aliphatic carbocycles. The van der Waals surface area contributed by atoms with Crippen molar-refractivity contribution < 1.29 is 26.8 Å². The smallest absolute Gasteiger partial charge is 0.286 e. The van der Waals surface area contributed by atoms with Crippen molar-refractivity contribution in [2.24, 2.45) is 0 Å². The van der Waals surface area contributed by atoms with Crippen molar-refractivity contribution in [1.29, 1.82) is 0 Å². The van der Waals surface area contributed by atoms with Crippen molar-refractivity contribution in [2.45, 2.75) is 31.3 Å². The van der Waals surface area contributed by atoms with Crippen LogP contribution in [-0.4, -0.2) is 62.8 Å². The summed E-state index contributed by atoms with van der Waals surface area (Å²) in [6.07, 6.45) is 2.50. The van der Waals surface area contributed by atoms with E-state index in [0.717, 1.165) is 18.0 Å². The molecule has 2 fully saturated rings. The number of sulfone groups is 1. The first-order valence-electron chi connectivity index (χ1n) is 9.38. The summed E-state index contributed by atoms with van der Waals surface area (Å²) in [5, 5.41) is -0.126. The molecule has 1 aromatic carbocycles. The highest BCUT2D eigenvalue weighted by Crippen LogP contribution is 2.39. The fraction of sp³-hybridized carbons (Fsp3) is 0.526. The van der Waals surface area contributed by atoms with Crippen molar-refractivity contribution in [2.75, 3.05) is 41.4 Å². The highest BCUT2D eigenvalue weighted by Gasteiger charge is 2.36. The minimum absolute atomic E-state index is 0.00738. The minimum atomic E-state index is -3.20. The van der Waals surface area contributed by atoms with Gasteiger partial charge in [0.2, 0.25) is 0 Å². The summed E-state index contributed by atoms with van der Waals surface area (Å²) in [6, 6.07) is 3.45. The maximum atomic E-state index is 15.2. The molecule has 10 heteroatoms. The predicted molar refractivity (Wildman–Crippen MR) is 112 cm³/mol. The number of hydrogen-bond donors (Lipinski definition) is 0. The fourth-order valence-electron chi connectivity index (χ4n) is 4.01. The number of fused-ring (bicyclic) bond motifs is 1. The van der Waals surface area contributed by atoms with Gasteiger partial charge in [-0.25, -0.2) is 12.8 Å². The Balaban J connectivity index is 1.63. The molecule has 0 saturated carbocycles. The van der Waals surface area contributed by atoms with Crippen LogP contribution in [0.15, 0.2) is 22.8 Å². The number of carbonyl (C=O) groups is 1. The van der Waals surface area contributed by atoms with Gasteiger partial charge in [0.15, 0.2) is 11.4 Å². The first kappa shape index (κ1) is 20.5. The molecule has 2 aromatic rings. The second-order valence-corrected chi connectivity index (χ2v) is 11.2. The van der Waals surface area contributed by atoms with E-state index in [1.807, 2.05) is 18.7 Å². The van der Waals surface area contributed by atoms with Gasteiger partial charge in [0.25, 0.3) is 5.24 Å². The van der Waals surface area contributed by atoms with Gasteiger partial charge in [-0.3, -0.25) is 9.69 Å². The number of carbonyl (C=O) groups excluding carboxylic acids is 1. The molecular weight excluding hydrogens is 419 g/mol. The Morgan fingerprint density at radius 3 is 2.52 bits per heavy atom. The van der Waals surface area contributed by atoms with Crippen LogP contribution in [0.5, 0.6) is 0 Å². The number of nitrogens with zero attached hydrogens (tertiary/aromatic N) is 2. The minimum Gasteiger partial charge on any atom is -0.459 e. The van der Waals surface area contributed by atoms with E-state index in [4.69, 9.17) is 9.15 Å². The lowest BCUT2D eigenvalue weighted by atomic mass is 10.1. The number of amides is 1. The highest BCUT2D eigenvalue weighted by molar-refractivity contribution is 8.15. The normalized spacial score (nSPS) is 25.9. The lowest BCUT2D eigenvalue weighted by molar-refractivity contribution is -0.00539. The Bertz CT molecular complexity index is 1040. The monoisotopic (exact) mass is 442 g/mol. The topological polar surface area (TPSA) is 80.1 Å². The summed E-state index contributed by atoms with van der Waals surface area (Å²) in [5.74, 6) is -0.552. The summed E-state index contributed by atoms with van der Waals surface area (Å²) in [6.45, 7) is 5.30. The van der Waals surface area contributed by atoms with Crippen molar-refractivity contribution >= 4 is 49.2 Å². The molecule has 2 aliphatic heterocycles. The van der Waals surface area contributed by atoms with Crippen LogP contribution in [0.4, 0.5) is 20.6 Å². The average molecular weight is 443 g/mol. The van der Waals surface area contributed by atoms with E-state index in [0.29, 0.717) is 29.9 Å². The fourth-order valence-corrected chi connectivity index (χ4v) is 6.61. The third-order valence-corrected chi connectivity index (χ3v) is 7.34. The van der Waals surface area contributed by atoms with Gasteiger partial charge >= 0.3 is 0 Å². The molecule has 29 heavy (non-hydrogen) atoms. The van der Waals surface area contributed by atoms with Crippen LogP contribution in [0.25, 0.3) is 11.0 Å². The molecule has 0 N–H and O–H groups in total. The van der Waals surface area contributed by atoms with Gasteiger partial charge in [-0.05, 0) is 26.0 Å². The highest BCUT2D eigenvalue weighted by atomic mass is 32.2. The van der Waals surface area contributed by atoms with Crippen molar-refractivity contribution in [3.8, 4) is 0 Å². The third-order valence-electron chi connectivity index (χ3n) is 5.05. The van der Waals surface area contributed by atoms with Gasteiger partial charge in [0.05, 0.1) is 29.3 Å². The molecule has 0 bridgehead atoms. The van der Waals surface area contributed by atoms with Crippen LogP contribution in [-0.2, 0) is 14.6 Å². The Morgan fingerprint density at radius 1 is 1.17 bits per heavy atom. The first-order valence-corrected chi connectivity index (χ1v) is 12.3. The number of furan rings is 1. The van der Waals surface area contributed by atoms with Gasteiger partial charge in [0.1, 0.15) is 16.1 Å². The molecule has 4 rings (SSSR count). The van der Waals surface area contributed by atoms with Crippen LogP contribution < -0.4 is 9.80 Å². The zero-order valence-corrected chi connectivity index (χ0v) is 18.1. The zero-order chi connectivity index (χ0) is 20.9. The van der Waals surface area contributed by atoms with Crippen LogP contribution in [0.2, 0.25) is 0 Å². The van der Waals surface area contributed by atoms with Gasteiger partial charge in [0, 0.05) is 36.5 Å². The van der Waals surface area contributed by atoms with E-state index < -0.39 is 15.7 Å². The van der Waals surface area contributed by atoms with Gasteiger partial charge in [-0.15, -0.1) is 0 Å². The molecule has 3 atom stereocenters. The largest absolute Gasteiger partial charge is 0.459 e. The number of thioether (sulfide) groups is 1. The first-order chi connectivity index (χ1) is 13.6. The number of benzene rings is 1. The van der Waals surface area contributed by atoms with E-state index >= 15 is 4.39 Å². The standard InChI is InChI=1S/C19H23FN2O5S2/c1-11-6-21(7-12(2)27-11)15-5-4-14-16(9-26-18(14)17(15)20)22-8-13(28-19(22)23)10-29(3,24)25/h4-5,9,11-13H,6-8,10H2,1-3H3/t11-,12+,13-/m1/s1. The summed E-state index contributed by atoms with van der Waals surface area (Å²) in [5.41, 5.74) is 0.994. The van der Waals surface area contributed by atoms with Gasteiger partial charge < -0.3 is 14.1 Å². The van der Waals surface area contributed by atoms with Crippen LogP contribution >= 0.6 is 11.8 Å². The van der Waals surface area contributed by atoms with E-state index in [1.54, 1.807) is 12.1 Å². The van der Waals surface area contributed by atoms with Gasteiger partial charge in [-0.1, -0.05) is 11.8 Å². The van der Waals surface area contributed by atoms with Crippen LogP contribution in [0, 0.1) is 5.82 Å². The Labute approximate surface area is 173 Å². The molecule has 7 nitrogen and oxygen atoms in total. The summed E-state index contributed by atoms with van der Waals surface area (Å²) < 4.78 is 49.6. The number of hydrogen-bond acceptors (Lipinski definition) is 7. The molecular formula is C19H23FN2O5S2. The molecule has 3 heterocycles. The lowest BCUT2D eigenvalue weighted by Crippen LogP contribution is -2.45. The maximum Gasteiger partial charge on any atom is 0.286 e. The Morgan fingerprint density at radius 2 is 1.86 bits per heavy atom. The Hall–Kier alpha value is -1.78. The van der Waals surface area contributed by atoms with E-state index in [1.165, 1.54) is 11.2 Å². The number of morpholine rings is 1. The summed E-state index contributed by atoms with van der Waals surface area (Å²) in [4.78, 5) is 15.8. The molecule has 2 aliphatic rings. The number of anilines is 2. The van der Waals surface area contributed by atoms with Crippen molar-refractivity contribution in [3.63, 3.8) is 0 Å². The van der Waals surface area contributed by atoms with Crippen LogP contribution in [0.3, 0.4) is 0 Å². The van der Waals surface area contributed by atoms with Crippen LogP contribution in [0.1, 0.15) is 13.8 Å². The number of ether oxygens (including phenoxy) is 1. The quantitative estimate of drug-likeness (QED) is 0.719. The molecule has 2 saturated heterocycles. The van der Waals surface area contributed by atoms with E-state index in [-0.39, 0.29) is 40.6 Å². The molecule has 1 amide bonds. The SMILES string of the molecule is C[C@@H]1CN(c2ccc3c(N4C[C@H](CS(C)(=O)=O)SC4=O)coc3c2F)C[C@H](C)O1. The number of rotatable bonds is 4. The Kier molecular flexibility index (Phi) is 5.28. The second kappa shape index (κ2) is 7.48. The van der Waals surface area contributed by atoms with Gasteiger partial charge in [-0.2, -0.15) is 0 Å². The molecule has 158 valence electrons. The average Bonchev–Trinajstić information content (AvgIpc) is 3.16. The van der Waals surface area contributed by atoms with Crippen molar-refractivity contribution in [1.82, 2.24) is 0 Å². The second-order valence-electron chi connectivity index (χ2n) is 7.77. The summed E-state index contributed by atoms with van der Waals surface area (Å²) >= 11 is 0.988. The molecule has 0 spiro atoms. The lowest BCUT2D eigenvalue weighted by Gasteiger charge is -2.36. The van der Waals surface area contributed by atoms with Crippen molar-refractivity contribution in [3.05, 3.63) is 24.2 Å². The zero-order valence-electron chi connectivity index (χ0n) is 16.4. The molecule has 0 radical (unpaired) electrons. The predicted octanol–water partition coefficient (Wildman–Crippen LogP) is 3.27. The third kappa shape index (κ3) is 4.10. The summed E-state index contributed by atoms with van der Waals surface area (Å²) in [7, 11) is -3.20. The van der Waals surface area contributed by atoms with E-state index in [9.17, 15) is 13.2 Å². The molecule has 1 aromatic heterocycles.